The number of rotatable bonds is 4. The van der Waals surface area contributed by atoms with Crippen molar-refractivity contribution in [2.75, 3.05) is 20.2 Å². The number of hydrogen-bond donors (Lipinski definition) is 0. The SMILES string of the molecule is COc1cc(C(=O)N2CCC3(CC2)CC(=O)c2cc(-c4noc(=O)[n-]4)ccc2O3)cc2c(C3CC3)nccc12.[Na+]. The number of pyridine rings is 1. The van der Waals surface area contributed by atoms with E-state index in [-0.39, 0.29) is 53.5 Å². The molecule has 2 aromatic carbocycles. The average molecular weight is 549 g/mol. The van der Waals surface area contributed by atoms with Gasteiger partial charge in [-0.3, -0.25) is 19.7 Å². The standard InChI is InChI=1S/C29H26N4O6.Na/c1-37-24-14-18(13-20-19(24)6-9-30-25(20)16-2-3-16)27(35)33-10-7-29(8-11-33)15-22(34)21-12-17(4-5-23(21)38-29)26-31-28(36)39-32-26;/h4-6,9,12-14,16H,2-3,7-8,10-11,15H2,1H3,(H,31,32,36);/q;+1/p-1. The number of methoxy groups -OCH3 is 1. The van der Waals surface area contributed by atoms with Crippen LogP contribution >= 0.6 is 0 Å². The van der Waals surface area contributed by atoms with Gasteiger partial charge in [0.15, 0.2) is 5.78 Å². The number of hydrogen-bond acceptors (Lipinski definition) is 8. The van der Waals surface area contributed by atoms with Crippen LogP contribution in [-0.4, -0.2) is 52.5 Å². The Hall–Kier alpha value is -3.47. The van der Waals surface area contributed by atoms with Crippen LogP contribution in [0.4, 0.5) is 0 Å². The van der Waals surface area contributed by atoms with Gasteiger partial charge in [0.1, 0.15) is 17.1 Å². The van der Waals surface area contributed by atoms with E-state index in [4.69, 9.17) is 9.47 Å². The first-order valence-corrected chi connectivity index (χ1v) is 13.1. The van der Waals surface area contributed by atoms with Gasteiger partial charge >= 0.3 is 35.3 Å². The van der Waals surface area contributed by atoms with Crippen LogP contribution in [0.2, 0.25) is 0 Å². The predicted octanol–water partition coefficient (Wildman–Crippen LogP) is 0.737. The summed E-state index contributed by atoms with van der Waals surface area (Å²) in [4.78, 5) is 48.2. The minimum absolute atomic E-state index is 0. The Morgan fingerprint density at radius 1 is 1.10 bits per heavy atom. The summed E-state index contributed by atoms with van der Waals surface area (Å²) in [7, 11) is 1.62. The van der Waals surface area contributed by atoms with Crippen molar-refractivity contribution < 1.29 is 53.1 Å². The molecular formula is C29H25N4NaO6. The fourth-order valence-electron chi connectivity index (χ4n) is 5.79. The average Bonchev–Trinajstić information content (AvgIpc) is 3.71. The van der Waals surface area contributed by atoms with E-state index in [0.717, 1.165) is 29.3 Å². The van der Waals surface area contributed by atoms with E-state index in [2.05, 4.69) is 19.6 Å². The maximum absolute atomic E-state index is 13.6. The Morgan fingerprint density at radius 2 is 1.90 bits per heavy atom. The summed E-state index contributed by atoms with van der Waals surface area (Å²) in [6.45, 7) is 0.940. The van der Waals surface area contributed by atoms with Crippen LogP contribution in [0.1, 0.15) is 64.4 Å². The molecule has 4 heterocycles. The second-order valence-corrected chi connectivity index (χ2v) is 10.5. The number of aromatic nitrogens is 3. The molecule has 2 aromatic heterocycles. The number of amides is 1. The molecule has 7 rings (SSSR count). The molecule has 0 unspecified atom stereocenters. The Bertz CT molecular complexity index is 1700. The predicted molar refractivity (Wildman–Crippen MR) is 139 cm³/mol. The van der Waals surface area contributed by atoms with E-state index in [1.807, 2.05) is 23.2 Å². The Labute approximate surface area is 251 Å². The van der Waals surface area contributed by atoms with Gasteiger partial charge in [-0.15, -0.1) is 0 Å². The van der Waals surface area contributed by atoms with Crippen LogP contribution in [0.5, 0.6) is 11.5 Å². The second-order valence-electron chi connectivity index (χ2n) is 10.5. The van der Waals surface area contributed by atoms with E-state index >= 15 is 0 Å². The van der Waals surface area contributed by atoms with Crippen molar-refractivity contribution in [1.29, 1.82) is 0 Å². The van der Waals surface area contributed by atoms with Crippen molar-refractivity contribution in [3.05, 3.63) is 70.0 Å². The van der Waals surface area contributed by atoms with Gasteiger partial charge in [-0.25, -0.2) is 4.79 Å². The van der Waals surface area contributed by atoms with Crippen LogP contribution in [0.25, 0.3) is 22.2 Å². The number of likely N-dealkylation sites (tertiary alicyclic amines) is 1. The largest absolute Gasteiger partial charge is 1.00 e. The van der Waals surface area contributed by atoms with E-state index in [1.165, 1.54) is 0 Å². The molecule has 0 radical (unpaired) electrons. The number of Topliss-reactive ketones (excluding diaryl/α,β-unsaturated/α-hetero) is 1. The van der Waals surface area contributed by atoms with Crippen molar-refractivity contribution >= 4 is 22.5 Å². The van der Waals surface area contributed by atoms with Gasteiger partial charge in [0.2, 0.25) is 0 Å². The molecule has 3 aliphatic rings. The van der Waals surface area contributed by atoms with Crippen LogP contribution in [-0.2, 0) is 0 Å². The summed E-state index contributed by atoms with van der Waals surface area (Å²) in [5.74, 6) is 0.817. The Morgan fingerprint density at radius 3 is 2.60 bits per heavy atom. The molecule has 0 N–H and O–H groups in total. The minimum atomic E-state index is -0.785. The summed E-state index contributed by atoms with van der Waals surface area (Å²) >= 11 is 0. The van der Waals surface area contributed by atoms with E-state index in [9.17, 15) is 14.4 Å². The molecule has 11 heteroatoms. The molecule has 1 amide bonds. The molecule has 1 saturated heterocycles. The molecule has 40 heavy (non-hydrogen) atoms. The summed E-state index contributed by atoms with van der Waals surface area (Å²) < 4.78 is 16.6. The fourth-order valence-corrected chi connectivity index (χ4v) is 5.79. The van der Waals surface area contributed by atoms with Gasteiger partial charge in [0, 0.05) is 54.4 Å². The first-order valence-electron chi connectivity index (χ1n) is 13.1. The molecule has 10 nitrogen and oxygen atoms in total. The van der Waals surface area contributed by atoms with E-state index in [1.54, 1.807) is 31.4 Å². The van der Waals surface area contributed by atoms with Gasteiger partial charge in [-0.2, -0.15) is 0 Å². The first kappa shape index (κ1) is 26.7. The third kappa shape index (κ3) is 4.63. The topological polar surface area (TPSA) is 126 Å². The molecule has 1 aliphatic carbocycles. The van der Waals surface area contributed by atoms with Crippen molar-refractivity contribution in [2.45, 2.75) is 43.6 Å². The number of fused-ring (bicyclic) bond motifs is 2. The molecule has 4 aromatic rings. The smallest absolute Gasteiger partial charge is 0.496 e. The maximum atomic E-state index is 13.6. The van der Waals surface area contributed by atoms with Gasteiger partial charge in [-0.1, -0.05) is 6.07 Å². The number of carbonyl (C=O) groups is 2. The maximum Gasteiger partial charge on any atom is 1.00 e. The minimum Gasteiger partial charge on any atom is -0.496 e. The fraction of sp³-hybridized carbons (Fsp3) is 0.345. The normalized spacial score (nSPS) is 17.7. The number of benzene rings is 2. The van der Waals surface area contributed by atoms with E-state index in [0.29, 0.717) is 60.0 Å². The zero-order chi connectivity index (χ0) is 26.7. The van der Waals surface area contributed by atoms with Crippen molar-refractivity contribution in [3.8, 4) is 22.9 Å². The van der Waals surface area contributed by atoms with Gasteiger partial charge in [0.05, 0.1) is 24.8 Å². The van der Waals surface area contributed by atoms with Crippen LogP contribution in [0.3, 0.4) is 0 Å². The Balaban J connectivity index is 0.00000289. The second kappa shape index (κ2) is 10.2. The summed E-state index contributed by atoms with van der Waals surface area (Å²) in [5.41, 5.74) is 1.88. The number of ether oxygens (including phenoxy) is 2. The number of carbonyl (C=O) groups excluding carboxylic acids is 2. The Kier molecular flexibility index (Phi) is 6.80. The van der Waals surface area contributed by atoms with Gasteiger partial charge in [0.25, 0.3) is 5.91 Å². The number of ketones is 1. The number of piperidine rings is 1. The third-order valence-corrected chi connectivity index (χ3v) is 8.02. The van der Waals surface area contributed by atoms with Crippen LogP contribution in [0.15, 0.2) is 51.9 Å². The van der Waals surface area contributed by atoms with Crippen molar-refractivity contribution in [1.82, 2.24) is 20.0 Å². The monoisotopic (exact) mass is 548 g/mol. The molecule has 198 valence electrons. The molecule has 1 spiro atoms. The zero-order valence-electron chi connectivity index (χ0n) is 22.3. The van der Waals surface area contributed by atoms with Gasteiger partial charge in [-0.05, 0) is 54.6 Å². The molecule has 0 atom stereocenters. The van der Waals surface area contributed by atoms with Crippen LogP contribution in [0, 0.1) is 0 Å². The third-order valence-electron chi connectivity index (χ3n) is 8.02. The summed E-state index contributed by atoms with van der Waals surface area (Å²) in [6.07, 6.45) is 5.32. The molecule has 0 bridgehead atoms. The van der Waals surface area contributed by atoms with Gasteiger partial charge < -0.3 is 23.9 Å². The number of nitrogens with zero attached hydrogens (tertiary/aromatic N) is 4. The zero-order valence-corrected chi connectivity index (χ0v) is 24.3. The molecule has 2 fully saturated rings. The molecule has 2 aliphatic heterocycles. The van der Waals surface area contributed by atoms with Crippen molar-refractivity contribution in [3.63, 3.8) is 0 Å². The van der Waals surface area contributed by atoms with Crippen molar-refractivity contribution in [2.24, 2.45) is 0 Å². The van der Waals surface area contributed by atoms with Crippen LogP contribution < -0.4 is 49.8 Å². The molecular weight excluding hydrogens is 523 g/mol. The summed E-state index contributed by atoms with van der Waals surface area (Å²) in [6, 6.07) is 10.7. The van der Waals surface area contributed by atoms with E-state index < -0.39 is 11.4 Å². The quantitative estimate of drug-likeness (QED) is 0.340. The summed E-state index contributed by atoms with van der Waals surface area (Å²) in [5, 5.41) is 5.58. The molecule has 1 saturated carbocycles. The first-order chi connectivity index (χ1) is 18.9.